The van der Waals surface area contributed by atoms with Crippen LogP contribution >= 0.6 is 11.6 Å². The lowest BCUT2D eigenvalue weighted by Crippen LogP contribution is -2.35. The van der Waals surface area contributed by atoms with Crippen LogP contribution in [0.5, 0.6) is 0 Å². The van der Waals surface area contributed by atoms with E-state index in [2.05, 4.69) is 5.32 Å². The van der Waals surface area contributed by atoms with Gasteiger partial charge in [0, 0.05) is 34.9 Å². The number of anilines is 1. The number of nitrogens with one attached hydrogen (secondary N) is 1. The van der Waals surface area contributed by atoms with E-state index in [1.165, 1.54) is 6.42 Å². The van der Waals surface area contributed by atoms with Gasteiger partial charge in [-0.3, -0.25) is 9.59 Å². The molecule has 130 valence electrons. The molecule has 5 heteroatoms. The highest BCUT2D eigenvalue weighted by Gasteiger charge is 2.18. The van der Waals surface area contributed by atoms with Gasteiger partial charge in [0.2, 0.25) is 0 Å². The van der Waals surface area contributed by atoms with Crippen molar-refractivity contribution in [2.24, 2.45) is 0 Å². The van der Waals surface area contributed by atoms with E-state index in [0.717, 1.165) is 31.5 Å². The molecule has 1 aliphatic rings. The Balaban J connectivity index is 1.70. The molecule has 1 heterocycles. The fourth-order valence-corrected chi connectivity index (χ4v) is 3.14. The van der Waals surface area contributed by atoms with Crippen molar-refractivity contribution in [3.8, 4) is 0 Å². The second kappa shape index (κ2) is 7.70. The van der Waals surface area contributed by atoms with Crippen LogP contribution in [0.25, 0.3) is 0 Å². The third-order valence-corrected chi connectivity index (χ3v) is 4.72. The number of carbonyl (C=O) groups is 2. The highest BCUT2D eigenvalue weighted by molar-refractivity contribution is 6.31. The summed E-state index contributed by atoms with van der Waals surface area (Å²) in [6, 6.07) is 12.2. The highest BCUT2D eigenvalue weighted by Crippen LogP contribution is 2.21. The first kappa shape index (κ1) is 17.5. The lowest BCUT2D eigenvalue weighted by Gasteiger charge is -2.26. The number of nitrogens with zero attached hydrogens (tertiary/aromatic N) is 1. The van der Waals surface area contributed by atoms with Gasteiger partial charge in [0.25, 0.3) is 11.8 Å². The summed E-state index contributed by atoms with van der Waals surface area (Å²) >= 11 is 5.98. The molecule has 0 atom stereocenters. The van der Waals surface area contributed by atoms with Crippen molar-refractivity contribution < 1.29 is 9.59 Å². The summed E-state index contributed by atoms with van der Waals surface area (Å²) in [5, 5.41) is 3.43. The Labute approximate surface area is 152 Å². The van der Waals surface area contributed by atoms with Gasteiger partial charge in [-0.2, -0.15) is 0 Å². The quantitative estimate of drug-likeness (QED) is 0.878. The van der Waals surface area contributed by atoms with Crippen molar-refractivity contribution in [1.29, 1.82) is 0 Å². The zero-order chi connectivity index (χ0) is 17.8. The summed E-state index contributed by atoms with van der Waals surface area (Å²) in [5.74, 6) is -0.181. The SMILES string of the molecule is Cc1ccc(Cl)cc1NC(=O)c1ccc(C(=O)N2CCCCC2)cc1. The maximum Gasteiger partial charge on any atom is 0.255 e. The Kier molecular flexibility index (Phi) is 5.39. The summed E-state index contributed by atoms with van der Waals surface area (Å²) in [4.78, 5) is 26.8. The number of hydrogen-bond donors (Lipinski definition) is 1. The lowest BCUT2D eigenvalue weighted by molar-refractivity contribution is 0.0724. The molecule has 1 fully saturated rings. The average Bonchev–Trinajstić information content (AvgIpc) is 2.65. The minimum Gasteiger partial charge on any atom is -0.339 e. The van der Waals surface area contributed by atoms with Crippen LogP contribution in [0.3, 0.4) is 0 Å². The van der Waals surface area contributed by atoms with Gasteiger partial charge in [0.1, 0.15) is 0 Å². The van der Waals surface area contributed by atoms with Gasteiger partial charge in [-0.1, -0.05) is 17.7 Å². The number of rotatable bonds is 3. The van der Waals surface area contributed by atoms with Crippen molar-refractivity contribution in [3.63, 3.8) is 0 Å². The Morgan fingerprint density at radius 3 is 2.28 bits per heavy atom. The zero-order valence-corrected chi connectivity index (χ0v) is 15.0. The van der Waals surface area contributed by atoms with Crippen LogP contribution < -0.4 is 5.32 Å². The van der Waals surface area contributed by atoms with Crippen molar-refractivity contribution in [3.05, 3.63) is 64.2 Å². The third kappa shape index (κ3) is 4.20. The van der Waals surface area contributed by atoms with Gasteiger partial charge < -0.3 is 10.2 Å². The van der Waals surface area contributed by atoms with E-state index in [9.17, 15) is 9.59 Å². The average molecular weight is 357 g/mol. The Bertz CT molecular complexity index is 781. The molecule has 0 radical (unpaired) electrons. The van der Waals surface area contributed by atoms with E-state index in [-0.39, 0.29) is 11.8 Å². The molecule has 3 rings (SSSR count). The van der Waals surface area contributed by atoms with Crippen molar-refractivity contribution in [2.45, 2.75) is 26.2 Å². The van der Waals surface area contributed by atoms with Crippen LogP contribution in [-0.4, -0.2) is 29.8 Å². The summed E-state index contributed by atoms with van der Waals surface area (Å²) in [5.41, 5.74) is 2.76. The summed E-state index contributed by atoms with van der Waals surface area (Å²) < 4.78 is 0. The Hall–Kier alpha value is -2.33. The van der Waals surface area contributed by atoms with Crippen LogP contribution in [0.4, 0.5) is 5.69 Å². The van der Waals surface area contributed by atoms with Crippen LogP contribution in [0.1, 0.15) is 45.5 Å². The summed E-state index contributed by atoms with van der Waals surface area (Å²) in [6.07, 6.45) is 3.31. The Morgan fingerprint density at radius 1 is 0.960 bits per heavy atom. The maximum atomic E-state index is 12.5. The molecule has 1 saturated heterocycles. The van der Waals surface area contributed by atoms with Gasteiger partial charge in [0.15, 0.2) is 0 Å². The molecule has 1 aliphatic heterocycles. The lowest BCUT2D eigenvalue weighted by atomic mass is 10.1. The van der Waals surface area contributed by atoms with E-state index < -0.39 is 0 Å². The second-order valence-corrected chi connectivity index (χ2v) is 6.78. The second-order valence-electron chi connectivity index (χ2n) is 6.34. The van der Waals surface area contributed by atoms with Crippen molar-refractivity contribution in [1.82, 2.24) is 4.90 Å². The Morgan fingerprint density at radius 2 is 1.60 bits per heavy atom. The minimum absolute atomic E-state index is 0.0392. The van der Waals surface area contributed by atoms with E-state index in [1.54, 1.807) is 36.4 Å². The first-order valence-electron chi connectivity index (χ1n) is 8.51. The van der Waals surface area contributed by atoms with Gasteiger partial charge >= 0.3 is 0 Å². The predicted octanol–water partition coefficient (Wildman–Crippen LogP) is 4.53. The molecule has 1 N–H and O–H groups in total. The largest absolute Gasteiger partial charge is 0.339 e. The molecule has 25 heavy (non-hydrogen) atoms. The van der Waals surface area contributed by atoms with Crippen LogP contribution in [-0.2, 0) is 0 Å². The first-order valence-corrected chi connectivity index (χ1v) is 8.89. The molecule has 0 bridgehead atoms. The molecule has 2 aromatic rings. The zero-order valence-electron chi connectivity index (χ0n) is 14.2. The molecule has 2 amide bonds. The predicted molar refractivity (Wildman–Crippen MR) is 100 cm³/mol. The number of hydrogen-bond acceptors (Lipinski definition) is 2. The molecular weight excluding hydrogens is 336 g/mol. The van der Waals surface area contributed by atoms with E-state index >= 15 is 0 Å². The van der Waals surface area contributed by atoms with Crippen molar-refractivity contribution >= 4 is 29.1 Å². The number of aryl methyl sites for hydroxylation is 1. The first-order chi connectivity index (χ1) is 12.0. The van der Waals surface area contributed by atoms with Crippen LogP contribution in [0.15, 0.2) is 42.5 Å². The molecular formula is C20H21ClN2O2. The molecule has 0 aliphatic carbocycles. The highest BCUT2D eigenvalue weighted by atomic mass is 35.5. The number of piperidine rings is 1. The minimum atomic E-state index is -0.220. The molecule has 2 aromatic carbocycles. The van der Waals surface area contributed by atoms with Crippen LogP contribution in [0.2, 0.25) is 5.02 Å². The standard InChI is InChI=1S/C20H21ClN2O2/c1-14-5-10-17(21)13-18(14)22-19(24)15-6-8-16(9-7-15)20(25)23-11-3-2-4-12-23/h5-10,13H,2-4,11-12H2,1H3,(H,22,24). The summed E-state index contributed by atoms with van der Waals surface area (Å²) in [7, 11) is 0. The van der Waals surface area contributed by atoms with Gasteiger partial charge in [0.05, 0.1) is 0 Å². The van der Waals surface area contributed by atoms with Gasteiger partial charge in [-0.15, -0.1) is 0 Å². The van der Waals surface area contributed by atoms with Crippen molar-refractivity contribution in [2.75, 3.05) is 18.4 Å². The number of benzene rings is 2. The molecule has 0 saturated carbocycles. The van der Waals surface area contributed by atoms with E-state index in [0.29, 0.717) is 21.8 Å². The number of likely N-dealkylation sites (tertiary alicyclic amines) is 1. The van der Waals surface area contributed by atoms with Crippen LogP contribution in [0, 0.1) is 6.92 Å². The molecule has 0 unspecified atom stereocenters. The van der Waals surface area contributed by atoms with E-state index in [1.807, 2.05) is 17.9 Å². The molecule has 0 aromatic heterocycles. The maximum absolute atomic E-state index is 12.5. The van der Waals surface area contributed by atoms with Gasteiger partial charge in [-0.05, 0) is 68.1 Å². The number of halogens is 1. The van der Waals surface area contributed by atoms with Gasteiger partial charge in [-0.25, -0.2) is 0 Å². The van der Waals surface area contributed by atoms with E-state index in [4.69, 9.17) is 11.6 Å². The normalized spacial score (nSPS) is 14.2. The smallest absolute Gasteiger partial charge is 0.255 e. The fourth-order valence-electron chi connectivity index (χ4n) is 2.97. The number of carbonyl (C=O) groups excluding carboxylic acids is 2. The topological polar surface area (TPSA) is 49.4 Å². The summed E-state index contributed by atoms with van der Waals surface area (Å²) in [6.45, 7) is 3.54. The number of amides is 2. The monoisotopic (exact) mass is 356 g/mol. The molecule has 4 nitrogen and oxygen atoms in total. The molecule has 0 spiro atoms. The third-order valence-electron chi connectivity index (χ3n) is 4.49. The fraction of sp³-hybridized carbons (Fsp3) is 0.300.